The molecule has 9 nitrogen and oxygen atoms in total. The van der Waals surface area contributed by atoms with Crippen molar-refractivity contribution in [1.29, 1.82) is 0 Å². The van der Waals surface area contributed by atoms with Crippen LogP contribution >= 0.6 is 0 Å². The van der Waals surface area contributed by atoms with Gasteiger partial charge in [0.15, 0.2) is 5.69 Å². The molecule has 0 N–H and O–H groups in total. The van der Waals surface area contributed by atoms with Gasteiger partial charge in [-0.2, -0.15) is 4.90 Å². The Morgan fingerprint density at radius 3 is 2.00 bits per heavy atom. The standard InChI is InChI=1S/C22H30F2N2O7/c1-9-10-11-31-17-13(16(23)24)12-14(15(25-17)18(27)30-8)26(19(28)32-21(2,3)4)20(29)33-22(5,6)7/h9,12,16H,1,10-11H2,2-8H3. The molecule has 0 saturated carbocycles. The van der Waals surface area contributed by atoms with E-state index in [9.17, 15) is 23.2 Å². The zero-order chi connectivity index (χ0) is 25.6. The highest BCUT2D eigenvalue weighted by atomic mass is 19.3. The van der Waals surface area contributed by atoms with Gasteiger partial charge >= 0.3 is 18.2 Å². The topological polar surface area (TPSA) is 104 Å². The first-order valence-corrected chi connectivity index (χ1v) is 10.0. The lowest BCUT2D eigenvalue weighted by Gasteiger charge is -2.29. The molecular formula is C22H30F2N2O7. The quantitative estimate of drug-likeness (QED) is 0.224. The van der Waals surface area contributed by atoms with Crippen molar-refractivity contribution in [1.82, 2.24) is 4.98 Å². The van der Waals surface area contributed by atoms with Crippen molar-refractivity contribution in [2.45, 2.75) is 65.6 Å². The average Bonchev–Trinajstić information content (AvgIpc) is 2.65. The molecule has 184 valence electrons. The highest BCUT2D eigenvalue weighted by Crippen LogP contribution is 2.35. The molecule has 11 heteroatoms. The van der Waals surface area contributed by atoms with E-state index in [2.05, 4.69) is 16.3 Å². The lowest BCUT2D eigenvalue weighted by molar-refractivity contribution is 0.0429. The second-order valence-electron chi connectivity index (χ2n) is 8.76. The Balaban J connectivity index is 3.78. The van der Waals surface area contributed by atoms with Crippen molar-refractivity contribution in [2.75, 3.05) is 18.6 Å². The van der Waals surface area contributed by atoms with Gasteiger partial charge in [0, 0.05) is 0 Å². The van der Waals surface area contributed by atoms with Crippen molar-refractivity contribution < 1.29 is 42.1 Å². The molecule has 1 heterocycles. The molecule has 0 fully saturated rings. The Morgan fingerprint density at radius 1 is 1.09 bits per heavy atom. The second-order valence-corrected chi connectivity index (χ2v) is 8.76. The van der Waals surface area contributed by atoms with Crippen LogP contribution in [-0.4, -0.2) is 48.1 Å². The molecule has 1 aromatic heterocycles. The Morgan fingerprint density at radius 2 is 1.61 bits per heavy atom. The molecule has 1 aromatic rings. The van der Waals surface area contributed by atoms with E-state index in [1.165, 1.54) is 6.08 Å². The first-order valence-electron chi connectivity index (χ1n) is 10.0. The lowest BCUT2D eigenvalue weighted by atomic mass is 10.1. The fraction of sp³-hybridized carbons (Fsp3) is 0.545. The summed E-state index contributed by atoms with van der Waals surface area (Å²) in [6.07, 6.45) is -3.80. The second kappa shape index (κ2) is 11.1. The molecule has 0 aromatic carbocycles. The molecule has 1 rings (SSSR count). The first-order chi connectivity index (χ1) is 15.1. The van der Waals surface area contributed by atoms with Crippen LogP contribution < -0.4 is 9.64 Å². The van der Waals surface area contributed by atoms with Crippen molar-refractivity contribution in [2.24, 2.45) is 0 Å². The number of imide groups is 1. The number of halogens is 2. The van der Waals surface area contributed by atoms with Gasteiger partial charge in [-0.05, 0) is 54.0 Å². The number of aromatic nitrogens is 1. The molecule has 0 aliphatic carbocycles. The van der Waals surface area contributed by atoms with Crippen LogP contribution in [0.5, 0.6) is 5.88 Å². The van der Waals surface area contributed by atoms with Crippen LogP contribution in [0.1, 0.15) is 70.4 Å². The molecule has 0 aliphatic heterocycles. The van der Waals surface area contributed by atoms with Crippen molar-refractivity contribution in [3.63, 3.8) is 0 Å². The zero-order valence-electron chi connectivity index (χ0n) is 19.9. The summed E-state index contributed by atoms with van der Waals surface area (Å²) in [5.41, 5.74) is -4.09. The minimum Gasteiger partial charge on any atom is -0.477 e. The Hall–Kier alpha value is -3.24. The van der Waals surface area contributed by atoms with Crippen LogP contribution in [0.2, 0.25) is 0 Å². The van der Waals surface area contributed by atoms with E-state index >= 15 is 0 Å². The van der Waals surface area contributed by atoms with Crippen LogP contribution in [0, 0.1) is 0 Å². The van der Waals surface area contributed by atoms with Crippen LogP contribution in [-0.2, 0) is 14.2 Å². The number of hydrogen-bond acceptors (Lipinski definition) is 8. The SMILES string of the molecule is C=CCCOc1nc(C(=O)OC)c(N(C(=O)OC(C)(C)C)C(=O)OC(C)(C)C)cc1C(F)F. The number of esters is 1. The summed E-state index contributed by atoms with van der Waals surface area (Å²) >= 11 is 0. The van der Waals surface area contributed by atoms with E-state index in [1.807, 2.05) is 0 Å². The third kappa shape index (κ3) is 8.32. The summed E-state index contributed by atoms with van der Waals surface area (Å²) in [5, 5.41) is 0. The predicted octanol–water partition coefficient (Wildman–Crippen LogP) is 5.44. The van der Waals surface area contributed by atoms with Gasteiger partial charge in [0.25, 0.3) is 6.43 Å². The number of amides is 2. The summed E-state index contributed by atoms with van der Waals surface area (Å²) in [7, 11) is 1.03. The van der Waals surface area contributed by atoms with Crippen LogP contribution in [0.3, 0.4) is 0 Å². The number of hydrogen-bond donors (Lipinski definition) is 0. The van der Waals surface area contributed by atoms with Gasteiger partial charge in [-0.1, -0.05) is 6.08 Å². The summed E-state index contributed by atoms with van der Waals surface area (Å²) in [6.45, 7) is 12.7. The summed E-state index contributed by atoms with van der Waals surface area (Å²) in [6, 6.07) is 0.751. The molecule has 2 amide bonds. The zero-order valence-corrected chi connectivity index (χ0v) is 19.9. The summed E-state index contributed by atoms with van der Waals surface area (Å²) in [5.74, 6) is -1.65. The predicted molar refractivity (Wildman–Crippen MR) is 116 cm³/mol. The van der Waals surface area contributed by atoms with Crippen LogP contribution in [0.15, 0.2) is 18.7 Å². The number of carbonyl (C=O) groups is 3. The van der Waals surface area contributed by atoms with Gasteiger partial charge in [-0.15, -0.1) is 6.58 Å². The maximum absolute atomic E-state index is 13.8. The van der Waals surface area contributed by atoms with E-state index in [-0.39, 0.29) is 6.61 Å². The third-order valence-corrected chi connectivity index (χ3v) is 3.56. The van der Waals surface area contributed by atoms with Crippen LogP contribution in [0.4, 0.5) is 24.1 Å². The fourth-order valence-corrected chi connectivity index (χ4v) is 2.32. The monoisotopic (exact) mass is 472 g/mol. The Labute approximate surface area is 191 Å². The van der Waals surface area contributed by atoms with Crippen molar-refractivity contribution in [3.05, 3.63) is 30.0 Å². The number of alkyl halides is 2. The van der Waals surface area contributed by atoms with Gasteiger partial charge in [-0.25, -0.2) is 28.1 Å². The van der Waals surface area contributed by atoms with E-state index < -0.39 is 58.6 Å². The maximum atomic E-state index is 13.8. The van der Waals surface area contributed by atoms with E-state index in [0.717, 1.165) is 13.2 Å². The number of pyridine rings is 1. The molecule has 0 aliphatic rings. The number of rotatable bonds is 7. The number of carbonyl (C=O) groups excluding carboxylic acids is 3. The highest BCUT2D eigenvalue weighted by molar-refractivity contribution is 6.13. The minimum absolute atomic E-state index is 0.0436. The van der Waals surface area contributed by atoms with Crippen LogP contribution in [0.25, 0.3) is 0 Å². The van der Waals surface area contributed by atoms with Gasteiger partial charge in [0.05, 0.1) is 25.0 Å². The average molecular weight is 472 g/mol. The van der Waals surface area contributed by atoms with E-state index in [1.54, 1.807) is 41.5 Å². The first kappa shape index (κ1) is 27.8. The molecule has 0 radical (unpaired) electrons. The lowest BCUT2D eigenvalue weighted by Crippen LogP contribution is -2.44. The van der Waals surface area contributed by atoms with Gasteiger partial charge in [0.2, 0.25) is 5.88 Å². The summed E-state index contributed by atoms with van der Waals surface area (Å²) in [4.78, 5) is 42.5. The van der Waals surface area contributed by atoms with Crippen molar-refractivity contribution >= 4 is 23.8 Å². The molecular weight excluding hydrogens is 442 g/mol. The highest BCUT2D eigenvalue weighted by Gasteiger charge is 2.37. The number of anilines is 1. The largest absolute Gasteiger partial charge is 0.477 e. The molecule has 0 saturated heterocycles. The number of ether oxygens (including phenoxy) is 4. The van der Waals surface area contributed by atoms with E-state index in [4.69, 9.17) is 14.2 Å². The summed E-state index contributed by atoms with van der Waals surface area (Å²) < 4.78 is 48.1. The minimum atomic E-state index is -3.11. The van der Waals surface area contributed by atoms with Gasteiger partial charge in [-0.3, -0.25) is 0 Å². The molecule has 0 unspecified atom stereocenters. The number of nitrogens with zero attached hydrogens (tertiary/aromatic N) is 2. The van der Waals surface area contributed by atoms with Gasteiger partial charge < -0.3 is 18.9 Å². The Bertz CT molecular complexity index is 862. The molecule has 0 atom stereocenters. The van der Waals surface area contributed by atoms with E-state index in [0.29, 0.717) is 11.3 Å². The molecule has 0 spiro atoms. The maximum Gasteiger partial charge on any atom is 0.424 e. The van der Waals surface area contributed by atoms with Gasteiger partial charge in [0.1, 0.15) is 11.2 Å². The molecule has 0 bridgehead atoms. The third-order valence-electron chi connectivity index (χ3n) is 3.56. The van der Waals surface area contributed by atoms with Crippen molar-refractivity contribution in [3.8, 4) is 5.88 Å². The smallest absolute Gasteiger partial charge is 0.424 e. The fourth-order valence-electron chi connectivity index (χ4n) is 2.32. The Kier molecular flexibility index (Phi) is 9.32. The molecule has 33 heavy (non-hydrogen) atoms. The normalized spacial score (nSPS) is 11.6. The number of methoxy groups -OCH3 is 1.